The van der Waals surface area contributed by atoms with E-state index in [0.717, 1.165) is 12.8 Å². The van der Waals surface area contributed by atoms with E-state index in [9.17, 15) is 4.79 Å². The zero-order chi connectivity index (χ0) is 10.5. The number of aliphatic hydroxyl groups excluding tert-OH is 1. The van der Waals surface area contributed by atoms with Crippen molar-refractivity contribution < 1.29 is 14.6 Å². The molecule has 13 heavy (non-hydrogen) atoms. The van der Waals surface area contributed by atoms with Gasteiger partial charge in [-0.25, -0.2) is 0 Å². The minimum atomic E-state index is -0.920. The van der Waals surface area contributed by atoms with Crippen molar-refractivity contribution in [1.29, 1.82) is 0 Å². The zero-order valence-corrected chi connectivity index (χ0v) is 8.54. The van der Waals surface area contributed by atoms with Crippen LogP contribution in [-0.2, 0) is 9.53 Å². The van der Waals surface area contributed by atoms with Crippen LogP contribution in [0.1, 0.15) is 33.6 Å². The van der Waals surface area contributed by atoms with Crippen molar-refractivity contribution in [1.82, 2.24) is 0 Å². The van der Waals surface area contributed by atoms with Crippen LogP contribution < -0.4 is 5.73 Å². The van der Waals surface area contributed by atoms with Crippen LogP contribution >= 0.6 is 0 Å². The number of carbonyl (C=O) groups is 1. The lowest BCUT2D eigenvalue weighted by molar-refractivity contribution is -0.159. The second-order valence-electron chi connectivity index (χ2n) is 3.72. The summed E-state index contributed by atoms with van der Waals surface area (Å²) in [6.07, 6.45) is 1.73. The molecule has 78 valence electrons. The molecule has 0 saturated carbocycles. The largest absolute Gasteiger partial charge is 0.458 e. The highest BCUT2D eigenvalue weighted by molar-refractivity contribution is 5.76. The van der Waals surface area contributed by atoms with Crippen molar-refractivity contribution in [3.05, 3.63) is 0 Å². The SMILES string of the molecule is CCCC(C)(C)OC(=O)[C@H](N)CO. The second kappa shape index (κ2) is 5.19. The van der Waals surface area contributed by atoms with Gasteiger partial charge in [0.15, 0.2) is 0 Å². The van der Waals surface area contributed by atoms with Gasteiger partial charge in [-0.3, -0.25) is 4.79 Å². The van der Waals surface area contributed by atoms with Gasteiger partial charge in [0.05, 0.1) is 6.61 Å². The highest BCUT2D eigenvalue weighted by atomic mass is 16.6. The van der Waals surface area contributed by atoms with Gasteiger partial charge in [0.25, 0.3) is 0 Å². The molecule has 1 atom stereocenters. The Labute approximate surface area is 79.1 Å². The molecule has 3 N–H and O–H groups in total. The van der Waals surface area contributed by atoms with Gasteiger partial charge in [-0.05, 0) is 20.3 Å². The summed E-state index contributed by atoms with van der Waals surface area (Å²) in [5.74, 6) is -0.541. The number of rotatable bonds is 5. The Kier molecular flexibility index (Phi) is 4.95. The molecule has 0 saturated heterocycles. The molecule has 0 aromatic rings. The van der Waals surface area contributed by atoms with Gasteiger partial charge in [0.1, 0.15) is 11.6 Å². The number of aliphatic hydroxyl groups is 1. The maximum absolute atomic E-state index is 11.2. The van der Waals surface area contributed by atoms with Crippen LogP contribution in [0, 0.1) is 0 Å². The molecule has 0 aliphatic rings. The lowest BCUT2D eigenvalue weighted by Gasteiger charge is -2.25. The van der Waals surface area contributed by atoms with Gasteiger partial charge in [0, 0.05) is 0 Å². The number of nitrogens with two attached hydrogens (primary N) is 1. The first-order chi connectivity index (χ1) is 5.93. The second-order valence-corrected chi connectivity index (χ2v) is 3.72. The summed E-state index contributed by atoms with van der Waals surface area (Å²) in [5.41, 5.74) is 4.81. The van der Waals surface area contributed by atoms with Gasteiger partial charge < -0.3 is 15.6 Å². The Morgan fingerprint density at radius 1 is 1.62 bits per heavy atom. The van der Waals surface area contributed by atoms with Crippen molar-refractivity contribution in [3.63, 3.8) is 0 Å². The highest BCUT2D eigenvalue weighted by Crippen LogP contribution is 2.16. The molecular weight excluding hydrogens is 170 g/mol. The summed E-state index contributed by atoms with van der Waals surface area (Å²) in [5, 5.41) is 8.61. The van der Waals surface area contributed by atoms with Crippen LogP contribution in [0.4, 0.5) is 0 Å². The van der Waals surface area contributed by atoms with Crippen molar-refractivity contribution in [2.45, 2.75) is 45.3 Å². The fourth-order valence-electron chi connectivity index (χ4n) is 1.08. The first kappa shape index (κ1) is 12.4. The number of carbonyl (C=O) groups excluding carboxylic acids is 1. The molecule has 0 heterocycles. The van der Waals surface area contributed by atoms with Crippen LogP contribution in [0.5, 0.6) is 0 Å². The first-order valence-electron chi connectivity index (χ1n) is 4.52. The van der Waals surface area contributed by atoms with Crippen molar-refractivity contribution in [2.75, 3.05) is 6.61 Å². The Morgan fingerprint density at radius 3 is 2.54 bits per heavy atom. The molecule has 4 heteroatoms. The molecule has 0 aromatic heterocycles. The zero-order valence-electron chi connectivity index (χ0n) is 8.54. The van der Waals surface area contributed by atoms with Crippen LogP contribution in [0.25, 0.3) is 0 Å². The number of ether oxygens (including phenoxy) is 1. The van der Waals surface area contributed by atoms with E-state index >= 15 is 0 Å². The topological polar surface area (TPSA) is 72.5 Å². The molecule has 4 nitrogen and oxygen atoms in total. The third kappa shape index (κ3) is 4.85. The molecule has 0 aliphatic heterocycles. The van der Waals surface area contributed by atoms with Crippen molar-refractivity contribution in [2.24, 2.45) is 5.73 Å². The van der Waals surface area contributed by atoms with E-state index in [-0.39, 0.29) is 6.61 Å². The summed E-state index contributed by atoms with van der Waals surface area (Å²) >= 11 is 0. The molecule has 0 amide bonds. The first-order valence-corrected chi connectivity index (χ1v) is 4.52. The summed E-state index contributed by atoms with van der Waals surface area (Å²) in [4.78, 5) is 11.2. The third-order valence-electron chi connectivity index (χ3n) is 1.73. The van der Waals surface area contributed by atoms with Crippen molar-refractivity contribution in [3.8, 4) is 0 Å². The Bertz CT molecular complexity index is 168. The average molecular weight is 189 g/mol. The predicted octanol–water partition coefficient (Wildman–Crippen LogP) is 0.428. The standard InChI is InChI=1S/C9H19NO3/c1-4-5-9(2,3)13-8(12)7(10)6-11/h7,11H,4-6,10H2,1-3H3/t7-/m1/s1. The average Bonchev–Trinajstić information content (AvgIpc) is 2.01. The van der Waals surface area contributed by atoms with Crippen LogP contribution in [0.2, 0.25) is 0 Å². The van der Waals surface area contributed by atoms with E-state index in [1.165, 1.54) is 0 Å². The predicted molar refractivity (Wildman–Crippen MR) is 50.1 cm³/mol. The molecule has 0 spiro atoms. The monoisotopic (exact) mass is 189 g/mol. The fourth-order valence-corrected chi connectivity index (χ4v) is 1.08. The van der Waals surface area contributed by atoms with Crippen molar-refractivity contribution >= 4 is 5.97 Å². The van der Waals surface area contributed by atoms with Gasteiger partial charge >= 0.3 is 5.97 Å². The van der Waals surface area contributed by atoms with E-state index in [1.54, 1.807) is 0 Å². The van der Waals surface area contributed by atoms with E-state index in [4.69, 9.17) is 15.6 Å². The minimum Gasteiger partial charge on any atom is -0.458 e. The Balaban J connectivity index is 4.03. The van der Waals surface area contributed by atoms with Gasteiger partial charge in [-0.15, -0.1) is 0 Å². The summed E-state index contributed by atoms with van der Waals surface area (Å²) < 4.78 is 5.11. The minimum absolute atomic E-state index is 0.374. The molecule has 0 aromatic carbocycles. The molecule has 0 aliphatic carbocycles. The lowest BCUT2D eigenvalue weighted by atomic mass is 10.0. The molecular formula is C9H19NO3. The smallest absolute Gasteiger partial charge is 0.325 e. The molecule has 0 bridgehead atoms. The molecule has 0 rings (SSSR count). The number of esters is 1. The number of hydrogen-bond acceptors (Lipinski definition) is 4. The van der Waals surface area contributed by atoms with Crippen LogP contribution in [0.15, 0.2) is 0 Å². The summed E-state index contributed by atoms with van der Waals surface area (Å²) in [6, 6.07) is -0.920. The quantitative estimate of drug-likeness (QED) is 0.615. The third-order valence-corrected chi connectivity index (χ3v) is 1.73. The fraction of sp³-hybridized carbons (Fsp3) is 0.889. The van der Waals surface area contributed by atoms with Gasteiger partial charge in [-0.2, -0.15) is 0 Å². The van der Waals surface area contributed by atoms with Crippen LogP contribution in [-0.4, -0.2) is 29.3 Å². The normalized spacial score (nSPS) is 13.9. The van der Waals surface area contributed by atoms with E-state index in [0.29, 0.717) is 0 Å². The molecule has 0 radical (unpaired) electrons. The molecule has 0 fully saturated rings. The van der Waals surface area contributed by atoms with Gasteiger partial charge in [0.2, 0.25) is 0 Å². The van der Waals surface area contributed by atoms with Gasteiger partial charge in [-0.1, -0.05) is 13.3 Å². The lowest BCUT2D eigenvalue weighted by Crippen LogP contribution is -2.40. The maximum Gasteiger partial charge on any atom is 0.325 e. The highest BCUT2D eigenvalue weighted by Gasteiger charge is 2.24. The van der Waals surface area contributed by atoms with E-state index < -0.39 is 17.6 Å². The van der Waals surface area contributed by atoms with E-state index in [1.807, 2.05) is 20.8 Å². The summed E-state index contributed by atoms with van der Waals surface area (Å²) in [6.45, 7) is 5.31. The Hall–Kier alpha value is -0.610. The number of hydrogen-bond donors (Lipinski definition) is 2. The Morgan fingerprint density at radius 2 is 2.15 bits per heavy atom. The summed E-state index contributed by atoms with van der Waals surface area (Å²) in [7, 11) is 0. The molecule has 0 unspecified atom stereocenters. The maximum atomic E-state index is 11.2. The van der Waals surface area contributed by atoms with E-state index in [2.05, 4.69) is 0 Å². The van der Waals surface area contributed by atoms with Crippen LogP contribution in [0.3, 0.4) is 0 Å².